The summed E-state index contributed by atoms with van der Waals surface area (Å²) < 4.78 is 33.0. The van der Waals surface area contributed by atoms with E-state index in [4.69, 9.17) is 5.11 Å². The fraction of sp³-hybridized carbons (Fsp3) is 0.200. The summed E-state index contributed by atoms with van der Waals surface area (Å²) in [7, 11) is -4.27. The molecule has 2 aromatic rings. The van der Waals surface area contributed by atoms with E-state index in [0.29, 0.717) is 5.56 Å². The lowest BCUT2D eigenvalue weighted by atomic mass is 10.2. The van der Waals surface area contributed by atoms with Crippen molar-refractivity contribution < 1.29 is 27.4 Å². The molecule has 1 aromatic carbocycles. The first-order valence-corrected chi connectivity index (χ1v) is 7.90. The number of benzene rings is 1. The van der Waals surface area contributed by atoms with Crippen LogP contribution in [0.4, 0.5) is 0 Å². The molecule has 0 fully saturated rings. The molecule has 7 heteroatoms. The largest absolute Gasteiger partial charge is 0.744 e. The van der Waals surface area contributed by atoms with Gasteiger partial charge >= 0.3 is 5.97 Å². The summed E-state index contributed by atoms with van der Waals surface area (Å²) in [5, 5.41) is 8.59. The van der Waals surface area contributed by atoms with Crippen LogP contribution in [0.1, 0.15) is 22.8 Å². The van der Waals surface area contributed by atoms with Crippen LogP contribution in [0.3, 0.4) is 0 Å². The fourth-order valence-corrected chi connectivity index (χ4v) is 2.02. The summed E-state index contributed by atoms with van der Waals surface area (Å²) in [4.78, 5) is 10.3. The monoisotopic (exact) mass is 323 g/mol. The van der Waals surface area contributed by atoms with Gasteiger partial charge in [0.2, 0.25) is 0 Å². The van der Waals surface area contributed by atoms with Gasteiger partial charge in [-0.1, -0.05) is 17.7 Å². The molecule has 0 aliphatic heterocycles. The van der Waals surface area contributed by atoms with E-state index in [0.717, 1.165) is 12.1 Å². The average Bonchev–Trinajstić information content (AvgIpc) is 2.47. The zero-order chi connectivity index (χ0) is 16.8. The van der Waals surface area contributed by atoms with Crippen molar-refractivity contribution in [1.29, 1.82) is 0 Å². The topological polar surface area (TPSA) is 98.4 Å². The maximum absolute atomic E-state index is 10.5. The number of hydrogen-bond acceptors (Lipinski definition) is 4. The number of carboxylic acid groups (broad SMARTS) is 1. The molecule has 0 bridgehead atoms. The van der Waals surface area contributed by atoms with Crippen LogP contribution in [0.2, 0.25) is 0 Å². The predicted molar refractivity (Wildman–Crippen MR) is 78.4 cm³/mol. The minimum absolute atomic E-state index is 0.178. The molecule has 0 saturated carbocycles. The molecule has 0 unspecified atom stereocenters. The van der Waals surface area contributed by atoms with Gasteiger partial charge in [-0.2, -0.15) is 0 Å². The first kappa shape index (κ1) is 17.8. The van der Waals surface area contributed by atoms with Gasteiger partial charge in [0.25, 0.3) is 0 Å². The van der Waals surface area contributed by atoms with Gasteiger partial charge in [0, 0.05) is 6.07 Å². The van der Waals surface area contributed by atoms with Gasteiger partial charge < -0.3 is 9.66 Å². The van der Waals surface area contributed by atoms with Gasteiger partial charge in [0.05, 0.1) is 4.90 Å². The van der Waals surface area contributed by atoms with Crippen molar-refractivity contribution in [3.8, 4) is 0 Å². The number of rotatable bonds is 3. The molecule has 1 heterocycles. The molecule has 0 aliphatic rings. The minimum Gasteiger partial charge on any atom is -0.744 e. The molecule has 0 spiro atoms. The van der Waals surface area contributed by atoms with Gasteiger partial charge in [0.15, 0.2) is 12.4 Å². The molecule has 0 amide bonds. The molecular weight excluding hydrogens is 306 g/mol. The summed E-state index contributed by atoms with van der Waals surface area (Å²) in [6, 6.07) is 9.09. The number of aromatic carboxylic acids is 1. The molecule has 6 nitrogen and oxygen atoms in total. The first-order valence-electron chi connectivity index (χ1n) is 6.49. The van der Waals surface area contributed by atoms with Crippen LogP contribution in [0.25, 0.3) is 0 Å². The second kappa shape index (κ2) is 7.67. The third-order valence-electron chi connectivity index (χ3n) is 2.78. The molecule has 1 aromatic heterocycles. The quantitative estimate of drug-likeness (QED) is 0.683. The zero-order valence-electron chi connectivity index (χ0n) is 12.3. The van der Waals surface area contributed by atoms with Crippen molar-refractivity contribution in [1.82, 2.24) is 0 Å². The fourth-order valence-electron chi connectivity index (χ4n) is 1.55. The molecule has 118 valence electrons. The van der Waals surface area contributed by atoms with Crippen LogP contribution in [0, 0.1) is 6.92 Å². The highest BCUT2D eigenvalue weighted by atomic mass is 32.2. The molecular formula is C15H17NO5S. The Labute approximate surface area is 129 Å². The Morgan fingerprint density at radius 1 is 1.23 bits per heavy atom. The van der Waals surface area contributed by atoms with Gasteiger partial charge in [-0.05, 0) is 32.0 Å². The van der Waals surface area contributed by atoms with Gasteiger partial charge in [-0.25, -0.2) is 17.8 Å². The molecule has 0 radical (unpaired) electrons. The van der Waals surface area contributed by atoms with E-state index in [1.54, 1.807) is 30.5 Å². The summed E-state index contributed by atoms with van der Waals surface area (Å²) >= 11 is 0. The predicted octanol–water partition coefficient (Wildman–Crippen LogP) is 1.59. The number of nitrogens with zero attached hydrogens (tertiary/aromatic N) is 1. The van der Waals surface area contributed by atoms with E-state index in [1.807, 2.05) is 24.6 Å². The van der Waals surface area contributed by atoms with Crippen molar-refractivity contribution in [2.45, 2.75) is 25.3 Å². The SMILES string of the molecule is CC[n+]1cccc(C(=O)O)c1.Cc1ccc(S(=O)(=O)[O-])cc1. The highest BCUT2D eigenvalue weighted by Crippen LogP contribution is 2.08. The molecule has 0 saturated heterocycles. The van der Waals surface area contributed by atoms with Crippen molar-refractivity contribution in [2.24, 2.45) is 0 Å². The highest BCUT2D eigenvalue weighted by molar-refractivity contribution is 7.85. The summed E-state index contributed by atoms with van der Waals surface area (Å²) in [5.74, 6) is -0.882. The van der Waals surface area contributed by atoms with Crippen LogP contribution >= 0.6 is 0 Å². The highest BCUT2D eigenvalue weighted by Gasteiger charge is 2.06. The number of carbonyl (C=O) groups is 1. The van der Waals surface area contributed by atoms with Crippen LogP contribution in [-0.4, -0.2) is 24.0 Å². The Bertz CT molecular complexity index is 739. The Kier molecular flexibility index (Phi) is 6.21. The third-order valence-corrected chi connectivity index (χ3v) is 3.63. The third kappa shape index (κ3) is 5.63. The maximum atomic E-state index is 10.5. The number of carboxylic acids is 1. The lowest BCUT2D eigenvalue weighted by Crippen LogP contribution is -2.32. The zero-order valence-corrected chi connectivity index (χ0v) is 13.1. The molecule has 22 heavy (non-hydrogen) atoms. The number of pyridine rings is 1. The van der Waals surface area contributed by atoms with E-state index in [-0.39, 0.29) is 4.90 Å². The van der Waals surface area contributed by atoms with Gasteiger partial charge in [-0.15, -0.1) is 0 Å². The van der Waals surface area contributed by atoms with Crippen molar-refractivity contribution in [2.75, 3.05) is 0 Å². The van der Waals surface area contributed by atoms with E-state index < -0.39 is 16.1 Å². The average molecular weight is 323 g/mol. The number of hydrogen-bond donors (Lipinski definition) is 1. The number of aromatic nitrogens is 1. The van der Waals surface area contributed by atoms with Crippen molar-refractivity contribution in [3.05, 3.63) is 59.9 Å². The van der Waals surface area contributed by atoms with E-state index in [2.05, 4.69) is 0 Å². The lowest BCUT2D eigenvalue weighted by molar-refractivity contribution is -0.693. The summed E-state index contributed by atoms with van der Waals surface area (Å²) in [6.07, 6.45) is 3.45. The molecule has 1 N–H and O–H groups in total. The second-order valence-corrected chi connectivity index (χ2v) is 5.88. The smallest absolute Gasteiger partial charge is 0.341 e. The Morgan fingerprint density at radius 3 is 2.27 bits per heavy atom. The first-order chi connectivity index (χ1) is 10.2. The van der Waals surface area contributed by atoms with Crippen LogP contribution in [0.5, 0.6) is 0 Å². The van der Waals surface area contributed by atoms with Crippen LogP contribution < -0.4 is 4.57 Å². The van der Waals surface area contributed by atoms with Gasteiger partial charge in [-0.3, -0.25) is 0 Å². The maximum Gasteiger partial charge on any atom is 0.341 e. The minimum atomic E-state index is -4.27. The Morgan fingerprint density at radius 2 is 1.82 bits per heavy atom. The second-order valence-electron chi connectivity index (χ2n) is 4.50. The van der Waals surface area contributed by atoms with Crippen molar-refractivity contribution >= 4 is 16.1 Å². The Balaban J connectivity index is 0.000000220. The summed E-state index contributed by atoms with van der Waals surface area (Å²) in [6.45, 7) is 4.58. The molecule has 0 atom stereocenters. The van der Waals surface area contributed by atoms with Gasteiger partial charge in [0.1, 0.15) is 22.2 Å². The van der Waals surface area contributed by atoms with E-state index in [1.165, 1.54) is 12.1 Å². The standard InChI is InChI=1S/C8H9NO2.C7H8O3S/c1-2-9-5-3-4-7(6-9)8(10)11;1-6-2-4-7(5-3-6)11(8,9)10/h3-6H,2H2,1H3;2-5H,1H3,(H,8,9,10). The Hall–Kier alpha value is -2.25. The normalized spacial score (nSPS) is 10.5. The number of aryl methyl sites for hydroxylation is 2. The van der Waals surface area contributed by atoms with Crippen LogP contribution in [-0.2, 0) is 16.7 Å². The van der Waals surface area contributed by atoms with Crippen LogP contribution in [0.15, 0.2) is 53.7 Å². The van der Waals surface area contributed by atoms with Crippen molar-refractivity contribution in [3.63, 3.8) is 0 Å². The van der Waals surface area contributed by atoms with E-state index >= 15 is 0 Å². The molecule has 2 rings (SSSR count). The lowest BCUT2D eigenvalue weighted by Gasteiger charge is -2.05. The molecule has 0 aliphatic carbocycles. The van der Waals surface area contributed by atoms with E-state index in [9.17, 15) is 17.8 Å². The summed E-state index contributed by atoms with van der Waals surface area (Å²) in [5.41, 5.74) is 1.26.